The van der Waals surface area contributed by atoms with Crippen molar-refractivity contribution < 1.29 is 0 Å². The van der Waals surface area contributed by atoms with Crippen LogP contribution in [0.1, 0.15) is 29.7 Å². The maximum Gasteiger partial charge on any atom is 0.146 e. The number of likely N-dealkylation sites (N-methyl/N-ethyl adjacent to an activating group) is 1. The van der Waals surface area contributed by atoms with Crippen LogP contribution in [-0.2, 0) is 5.41 Å². The molecule has 1 aromatic heterocycles. The van der Waals surface area contributed by atoms with Crippen molar-refractivity contribution in [3.8, 4) is 6.07 Å². The number of hydrogen-bond acceptors (Lipinski definition) is 3. The van der Waals surface area contributed by atoms with E-state index in [1.54, 1.807) is 0 Å². The van der Waals surface area contributed by atoms with E-state index in [1.165, 1.54) is 18.4 Å². The Hall–Kier alpha value is -2.34. The van der Waals surface area contributed by atoms with E-state index in [4.69, 9.17) is 0 Å². The number of nitriles is 1. The molecule has 0 amide bonds. The van der Waals surface area contributed by atoms with Crippen LogP contribution >= 0.6 is 0 Å². The summed E-state index contributed by atoms with van der Waals surface area (Å²) in [5, 5.41) is 9.27. The molecule has 21 heavy (non-hydrogen) atoms. The normalized spacial score (nSPS) is 15.3. The Labute approximate surface area is 125 Å². The van der Waals surface area contributed by atoms with Gasteiger partial charge < -0.3 is 4.90 Å². The zero-order valence-electron chi connectivity index (χ0n) is 12.5. The third-order valence-electron chi connectivity index (χ3n) is 4.28. The van der Waals surface area contributed by atoms with E-state index >= 15 is 0 Å². The van der Waals surface area contributed by atoms with Crippen LogP contribution in [-0.4, -0.2) is 18.6 Å². The van der Waals surface area contributed by atoms with Gasteiger partial charge in [0.25, 0.3) is 0 Å². The van der Waals surface area contributed by atoms with Gasteiger partial charge in [-0.15, -0.1) is 0 Å². The summed E-state index contributed by atoms with van der Waals surface area (Å²) >= 11 is 0. The van der Waals surface area contributed by atoms with Crippen molar-refractivity contribution in [1.82, 2.24) is 4.98 Å². The highest BCUT2D eigenvalue weighted by molar-refractivity contribution is 5.54. The molecule has 1 aromatic carbocycles. The Morgan fingerprint density at radius 2 is 1.90 bits per heavy atom. The molecule has 0 saturated heterocycles. The number of pyridine rings is 1. The van der Waals surface area contributed by atoms with Gasteiger partial charge in [0.1, 0.15) is 11.9 Å². The molecule has 3 nitrogen and oxygen atoms in total. The van der Waals surface area contributed by atoms with E-state index in [0.29, 0.717) is 5.56 Å². The number of hydrogen-bond donors (Lipinski definition) is 0. The molecule has 0 aliphatic heterocycles. The molecule has 1 fully saturated rings. The summed E-state index contributed by atoms with van der Waals surface area (Å²) in [6.07, 6.45) is 2.41. The van der Waals surface area contributed by atoms with Gasteiger partial charge in [0.2, 0.25) is 0 Å². The number of benzene rings is 1. The maximum absolute atomic E-state index is 9.27. The first-order valence-electron chi connectivity index (χ1n) is 7.29. The third kappa shape index (κ3) is 2.62. The van der Waals surface area contributed by atoms with Gasteiger partial charge in [-0.25, -0.2) is 4.98 Å². The topological polar surface area (TPSA) is 39.9 Å². The Morgan fingerprint density at radius 1 is 1.19 bits per heavy atom. The van der Waals surface area contributed by atoms with Crippen LogP contribution in [0.5, 0.6) is 0 Å². The van der Waals surface area contributed by atoms with E-state index in [9.17, 15) is 5.26 Å². The summed E-state index contributed by atoms with van der Waals surface area (Å²) < 4.78 is 0. The van der Waals surface area contributed by atoms with Gasteiger partial charge in [-0.05, 0) is 37.5 Å². The first-order valence-corrected chi connectivity index (χ1v) is 7.29. The van der Waals surface area contributed by atoms with Crippen molar-refractivity contribution in [1.29, 1.82) is 5.26 Å². The number of aryl methyl sites for hydroxylation is 1. The lowest BCUT2D eigenvalue weighted by Gasteiger charge is -2.26. The summed E-state index contributed by atoms with van der Waals surface area (Å²) in [6, 6.07) is 16.7. The van der Waals surface area contributed by atoms with Crippen LogP contribution in [0.2, 0.25) is 0 Å². The standard InChI is InChI=1S/C18H19N3/c1-14-8-9-15(12-19)17(20-14)21(2)13-18(10-11-18)16-6-4-3-5-7-16/h3-9H,10-11,13H2,1-2H3. The van der Waals surface area contributed by atoms with Crippen molar-refractivity contribution in [2.45, 2.75) is 25.2 Å². The molecular weight excluding hydrogens is 258 g/mol. The molecule has 0 N–H and O–H groups in total. The summed E-state index contributed by atoms with van der Waals surface area (Å²) in [4.78, 5) is 6.68. The molecule has 2 aromatic rings. The van der Waals surface area contributed by atoms with E-state index in [2.05, 4.69) is 46.3 Å². The van der Waals surface area contributed by atoms with Crippen LogP contribution < -0.4 is 4.90 Å². The molecule has 1 saturated carbocycles. The zero-order chi connectivity index (χ0) is 14.9. The maximum atomic E-state index is 9.27. The quantitative estimate of drug-likeness (QED) is 0.859. The van der Waals surface area contributed by atoms with Crippen LogP contribution in [0, 0.1) is 18.3 Å². The SMILES string of the molecule is Cc1ccc(C#N)c(N(C)CC2(c3ccccc3)CC2)n1. The van der Waals surface area contributed by atoms with Gasteiger partial charge in [-0.3, -0.25) is 0 Å². The molecule has 3 heteroatoms. The van der Waals surface area contributed by atoms with E-state index in [0.717, 1.165) is 18.1 Å². The van der Waals surface area contributed by atoms with Gasteiger partial charge >= 0.3 is 0 Å². The Balaban J connectivity index is 1.86. The molecular formula is C18H19N3. The van der Waals surface area contributed by atoms with Crippen molar-refractivity contribution in [3.05, 3.63) is 59.3 Å². The van der Waals surface area contributed by atoms with E-state index < -0.39 is 0 Å². The molecule has 0 radical (unpaired) electrons. The lowest BCUT2D eigenvalue weighted by atomic mass is 9.95. The summed E-state index contributed by atoms with van der Waals surface area (Å²) in [6.45, 7) is 2.87. The monoisotopic (exact) mass is 277 g/mol. The molecule has 0 unspecified atom stereocenters. The summed E-state index contributed by atoms with van der Waals surface area (Å²) in [5.41, 5.74) is 3.21. The van der Waals surface area contributed by atoms with Crippen LogP contribution in [0.25, 0.3) is 0 Å². The van der Waals surface area contributed by atoms with Crippen molar-refractivity contribution in [2.24, 2.45) is 0 Å². The zero-order valence-corrected chi connectivity index (χ0v) is 12.5. The Morgan fingerprint density at radius 3 is 2.52 bits per heavy atom. The molecule has 0 spiro atoms. The number of rotatable bonds is 4. The number of nitrogens with zero attached hydrogens (tertiary/aromatic N) is 3. The number of aromatic nitrogens is 1. The van der Waals surface area contributed by atoms with Gasteiger partial charge in [-0.2, -0.15) is 5.26 Å². The highest BCUT2D eigenvalue weighted by Crippen LogP contribution is 2.48. The largest absolute Gasteiger partial charge is 0.358 e. The minimum atomic E-state index is 0.230. The molecule has 106 valence electrons. The minimum Gasteiger partial charge on any atom is -0.358 e. The second-order valence-electron chi connectivity index (χ2n) is 5.94. The molecule has 3 rings (SSSR count). The Bertz CT molecular complexity index is 681. The van der Waals surface area contributed by atoms with Crippen LogP contribution in [0.15, 0.2) is 42.5 Å². The fourth-order valence-electron chi connectivity index (χ4n) is 2.93. The van der Waals surface area contributed by atoms with E-state index in [1.807, 2.05) is 26.1 Å². The fraction of sp³-hybridized carbons (Fsp3) is 0.333. The summed E-state index contributed by atoms with van der Waals surface area (Å²) in [7, 11) is 2.03. The van der Waals surface area contributed by atoms with Crippen molar-refractivity contribution in [2.75, 3.05) is 18.5 Å². The molecule has 0 bridgehead atoms. The molecule has 0 atom stereocenters. The highest BCUT2D eigenvalue weighted by Gasteiger charge is 2.45. The number of anilines is 1. The van der Waals surface area contributed by atoms with Crippen LogP contribution in [0.4, 0.5) is 5.82 Å². The predicted molar refractivity (Wildman–Crippen MR) is 84.3 cm³/mol. The lowest BCUT2D eigenvalue weighted by molar-refractivity contribution is 0.667. The van der Waals surface area contributed by atoms with Crippen molar-refractivity contribution >= 4 is 5.82 Å². The van der Waals surface area contributed by atoms with Gasteiger partial charge in [0.15, 0.2) is 0 Å². The highest BCUT2D eigenvalue weighted by atomic mass is 15.2. The molecule has 1 aliphatic rings. The lowest BCUT2D eigenvalue weighted by Crippen LogP contribution is -2.30. The smallest absolute Gasteiger partial charge is 0.146 e. The van der Waals surface area contributed by atoms with Crippen LogP contribution in [0.3, 0.4) is 0 Å². The van der Waals surface area contributed by atoms with Crippen molar-refractivity contribution in [3.63, 3.8) is 0 Å². The third-order valence-corrected chi connectivity index (χ3v) is 4.28. The predicted octanol–water partition coefficient (Wildman–Crippen LogP) is 3.43. The molecule has 1 aliphatic carbocycles. The van der Waals surface area contributed by atoms with Gasteiger partial charge in [0.05, 0.1) is 5.56 Å². The first kappa shape index (κ1) is 13.6. The van der Waals surface area contributed by atoms with Gasteiger partial charge in [0, 0.05) is 24.7 Å². The average Bonchev–Trinajstić information content (AvgIpc) is 3.29. The minimum absolute atomic E-state index is 0.230. The van der Waals surface area contributed by atoms with E-state index in [-0.39, 0.29) is 5.41 Å². The fourth-order valence-corrected chi connectivity index (χ4v) is 2.93. The second-order valence-corrected chi connectivity index (χ2v) is 5.94. The molecule has 1 heterocycles. The summed E-state index contributed by atoms with van der Waals surface area (Å²) in [5.74, 6) is 0.791. The average molecular weight is 277 g/mol. The Kier molecular flexibility index (Phi) is 3.39. The first-order chi connectivity index (χ1) is 10.1. The van der Waals surface area contributed by atoms with Gasteiger partial charge in [-0.1, -0.05) is 30.3 Å². The second kappa shape index (κ2) is 5.21.